The highest BCUT2D eigenvalue weighted by Gasteiger charge is 2.20. The second-order valence-electron chi connectivity index (χ2n) is 7.84. The largest absolute Gasteiger partial charge is 0.491 e. The van der Waals surface area contributed by atoms with Gasteiger partial charge in [-0.25, -0.2) is 8.61 Å². The third-order valence-electron chi connectivity index (χ3n) is 5.11. The van der Waals surface area contributed by atoms with Crippen LogP contribution in [-0.2, 0) is 19.6 Å². The van der Waals surface area contributed by atoms with Crippen molar-refractivity contribution < 1.29 is 14.0 Å². The van der Waals surface area contributed by atoms with Gasteiger partial charge in [-0.2, -0.15) is 4.52 Å². The Morgan fingerprint density at radius 2 is 2.09 bits per heavy atom. The van der Waals surface area contributed by atoms with Gasteiger partial charge in [0.1, 0.15) is 12.4 Å². The van der Waals surface area contributed by atoms with Crippen LogP contribution in [0.25, 0.3) is 17.2 Å². The van der Waals surface area contributed by atoms with Crippen LogP contribution >= 0.6 is 12.1 Å². The van der Waals surface area contributed by atoms with Gasteiger partial charge in [-0.05, 0) is 32.6 Å². The Labute approximate surface area is 194 Å². The van der Waals surface area contributed by atoms with E-state index in [9.17, 15) is 0 Å². The lowest BCUT2D eigenvalue weighted by Gasteiger charge is -2.28. The summed E-state index contributed by atoms with van der Waals surface area (Å²) in [6.07, 6.45) is 0.902. The number of hydrogen-bond donors (Lipinski definition) is 0. The van der Waals surface area contributed by atoms with Gasteiger partial charge in [-0.3, -0.25) is 4.98 Å². The second-order valence-corrected chi connectivity index (χ2v) is 9.25. The second kappa shape index (κ2) is 8.96. The fourth-order valence-electron chi connectivity index (χ4n) is 3.64. The van der Waals surface area contributed by atoms with Crippen molar-refractivity contribution in [1.29, 1.82) is 0 Å². The van der Waals surface area contributed by atoms with Crippen molar-refractivity contribution >= 4 is 17.8 Å². The zero-order valence-electron chi connectivity index (χ0n) is 18.8. The highest BCUT2D eigenvalue weighted by Crippen LogP contribution is 2.29. The van der Waals surface area contributed by atoms with E-state index < -0.39 is 0 Å². The minimum Gasteiger partial charge on any atom is -0.491 e. The molecule has 4 aromatic heterocycles. The Morgan fingerprint density at radius 1 is 1.21 bits per heavy atom. The molecule has 4 aromatic rings. The van der Waals surface area contributed by atoms with Crippen LogP contribution < -0.4 is 9.47 Å². The van der Waals surface area contributed by atoms with Gasteiger partial charge in [0.05, 0.1) is 12.8 Å². The summed E-state index contributed by atoms with van der Waals surface area (Å²) in [5, 5.41) is 16.9. The summed E-state index contributed by atoms with van der Waals surface area (Å²) < 4.78 is 22.6. The molecule has 0 saturated heterocycles. The van der Waals surface area contributed by atoms with Crippen molar-refractivity contribution in [3.63, 3.8) is 0 Å². The molecule has 12 heteroatoms. The molecule has 0 fully saturated rings. The molecule has 0 amide bonds. The van der Waals surface area contributed by atoms with E-state index in [1.165, 1.54) is 5.56 Å². The van der Waals surface area contributed by atoms with Gasteiger partial charge in [0.15, 0.2) is 17.1 Å². The number of pyridine rings is 1. The van der Waals surface area contributed by atoms with Crippen LogP contribution in [0, 0.1) is 6.92 Å². The van der Waals surface area contributed by atoms with Crippen molar-refractivity contribution in [2.24, 2.45) is 0 Å². The fraction of sp³-hybridized carbons (Fsp3) is 0.381. The van der Waals surface area contributed by atoms with E-state index in [2.05, 4.69) is 35.1 Å². The quantitative estimate of drug-likeness (QED) is 0.373. The summed E-state index contributed by atoms with van der Waals surface area (Å²) in [4.78, 5) is 4.82. The minimum atomic E-state index is 0.263. The predicted molar refractivity (Wildman–Crippen MR) is 122 cm³/mol. The van der Waals surface area contributed by atoms with Gasteiger partial charge in [0.2, 0.25) is 5.82 Å². The minimum absolute atomic E-state index is 0.263. The summed E-state index contributed by atoms with van der Waals surface area (Å²) in [6, 6.07) is 7.62. The average Bonchev–Trinajstić information content (AvgIpc) is 3.41. The van der Waals surface area contributed by atoms with Gasteiger partial charge >= 0.3 is 0 Å². The normalized spacial score (nSPS) is 14.1. The molecular weight excluding hydrogens is 444 g/mol. The van der Waals surface area contributed by atoms with E-state index in [1.807, 2.05) is 27.1 Å². The molecule has 0 radical (unpaired) electrons. The molecule has 172 valence electrons. The molecule has 0 spiro atoms. The number of fused-ring (bicyclic) bond motifs is 2. The maximum absolute atomic E-state index is 6.01. The number of methoxy groups -OCH3 is 1. The van der Waals surface area contributed by atoms with Crippen molar-refractivity contribution in [1.82, 2.24) is 38.6 Å². The smallest absolute Gasteiger partial charge is 0.275 e. The lowest BCUT2D eigenvalue weighted by molar-refractivity contribution is 0.263. The number of rotatable bonds is 7. The van der Waals surface area contributed by atoms with Crippen LogP contribution in [0.2, 0.25) is 0 Å². The molecule has 0 N–H and O–H groups in total. The first-order chi connectivity index (χ1) is 16.0. The van der Waals surface area contributed by atoms with E-state index in [1.54, 1.807) is 35.9 Å². The topological polar surface area (TPSA) is 107 Å². The SMILES string of the molecule is COc1cc2nnc(-c3cc(C)on3)n2nc1OCc1ccc2c(n1)CCN(SN(C)C)C2. The number of aromatic nitrogens is 6. The molecule has 5 rings (SSSR count). The van der Waals surface area contributed by atoms with Crippen LogP contribution in [0.4, 0.5) is 0 Å². The third-order valence-corrected chi connectivity index (χ3v) is 5.98. The van der Waals surface area contributed by atoms with E-state index in [0.29, 0.717) is 34.6 Å². The first-order valence-electron chi connectivity index (χ1n) is 10.4. The molecule has 1 aliphatic heterocycles. The average molecular weight is 469 g/mol. The van der Waals surface area contributed by atoms with Gasteiger partial charge in [0, 0.05) is 49.5 Å². The van der Waals surface area contributed by atoms with Crippen molar-refractivity contribution in [2.45, 2.75) is 26.5 Å². The van der Waals surface area contributed by atoms with E-state index in [4.69, 9.17) is 19.0 Å². The van der Waals surface area contributed by atoms with Gasteiger partial charge in [-0.15, -0.1) is 15.3 Å². The number of ether oxygens (including phenoxy) is 2. The maximum Gasteiger partial charge on any atom is 0.275 e. The molecule has 5 heterocycles. The lowest BCUT2D eigenvalue weighted by atomic mass is 10.1. The highest BCUT2D eigenvalue weighted by molar-refractivity contribution is 7.94. The number of nitrogens with zero attached hydrogens (tertiary/aromatic N) is 8. The monoisotopic (exact) mass is 468 g/mol. The molecule has 0 saturated carbocycles. The standard InChI is InChI=1S/C21H24N8O3S/c1-13-9-17(26-32-13)20-24-23-19-10-18(30-4)21(25-29(19)20)31-12-15-6-5-14-11-28(33-27(2)3)8-7-16(14)22-15/h5-6,9-10H,7-8,11-12H2,1-4H3. The molecular formula is C21H24N8O3S. The van der Waals surface area contributed by atoms with Crippen LogP contribution in [0.15, 0.2) is 28.8 Å². The Bertz CT molecular complexity index is 1290. The first-order valence-corrected chi connectivity index (χ1v) is 11.2. The highest BCUT2D eigenvalue weighted by atomic mass is 32.2. The molecule has 0 aromatic carbocycles. The zero-order valence-corrected chi connectivity index (χ0v) is 19.7. The van der Waals surface area contributed by atoms with Crippen molar-refractivity contribution in [3.8, 4) is 23.1 Å². The molecule has 33 heavy (non-hydrogen) atoms. The van der Waals surface area contributed by atoms with E-state index in [-0.39, 0.29) is 6.61 Å². The summed E-state index contributed by atoms with van der Waals surface area (Å²) in [6.45, 7) is 3.90. The third kappa shape index (κ3) is 4.49. The Morgan fingerprint density at radius 3 is 2.85 bits per heavy atom. The summed E-state index contributed by atoms with van der Waals surface area (Å²) in [5.41, 5.74) is 4.25. The van der Waals surface area contributed by atoms with Crippen LogP contribution in [0.1, 0.15) is 22.7 Å². The van der Waals surface area contributed by atoms with Gasteiger partial charge < -0.3 is 14.0 Å². The molecule has 0 aliphatic carbocycles. The lowest BCUT2D eigenvalue weighted by Crippen LogP contribution is -2.28. The molecule has 0 unspecified atom stereocenters. The van der Waals surface area contributed by atoms with Gasteiger partial charge in [-0.1, -0.05) is 11.2 Å². The van der Waals surface area contributed by atoms with Gasteiger partial charge in [0.25, 0.3) is 5.88 Å². The Balaban J connectivity index is 1.36. The van der Waals surface area contributed by atoms with E-state index >= 15 is 0 Å². The maximum atomic E-state index is 6.01. The molecule has 0 bridgehead atoms. The van der Waals surface area contributed by atoms with Crippen LogP contribution in [0.3, 0.4) is 0 Å². The summed E-state index contributed by atoms with van der Waals surface area (Å²) in [5.74, 6) is 1.92. The van der Waals surface area contributed by atoms with E-state index in [0.717, 1.165) is 30.9 Å². The van der Waals surface area contributed by atoms with Crippen LogP contribution in [-0.4, -0.2) is 66.3 Å². The number of hydrogen-bond acceptors (Lipinski definition) is 11. The molecule has 11 nitrogen and oxygen atoms in total. The zero-order chi connectivity index (χ0) is 22.9. The molecule has 1 aliphatic rings. The first kappa shape index (κ1) is 21.6. The summed E-state index contributed by atoms with van der Waals surface area (Å²) >= 11 is 1.73. The van der Waals surface area contributed by atoms with Crippen molar-refractivity contribution in [2.75, 3.05) is 27.7 Å². The Kier molecular flexibility index (Phi) is 5.87. The predicted octanol–water partition coefficient (Wildman–Crippen LogP) is 2.55. The fourth-order valence-corrected chi connectivity index (χ4v) is 4.47. The Hall–Kier alpha value is -3.22. The summed E-state index contributed by atoms with van der Waals surface area (Å²) in [7, 11) is 5.66. The van der Waals surface area contributed by atoms with Crippen LogP contribution in [0.5, 0.6) is 11.6 Å². The number of aryl methyl sites for hydroxylation is 1. The van der Waals surface area contributed by atoms with Crippen molar-refractivity contribution in [3.05, 3.63) is 47.0 Å². The molecule has 0 atom stereocenters.